The molecule has 0 radical (unpaired) electrons. The van der Waals surface area contributed by atoms with Crippen LogP contribution in [-0.4, -0.2) is 5.11 Å². The molecule has 1 unspecified atom stereocenters. The van der Waals surface area contributed by atoms with Crippen LogP contribution in [0, 0.1) is 12.7 Å². The first kappa shape index (κ1) is 13.6. The van der Waals surface area contributed by atoms with Crippen LogP contribution in [0.15, 0.2) is 36.4 Å². The van der Waals surface area contributed by atoms with Gasteiger partial charge in [0.2, 0.25) is 0 Å². The highest BCUT2D eigenvalue weighted by atomic mass is 35.5. The number of fused-ring (bicyclic) bond motifs is 1. The van der Waals surface area contributed by atoms with Gasteiger partial charge in [-0.2, -0.15) is 0 Å². The van der Waals surface area contributed by atoms with Crippen molar-refractivity contribution in [3.63, 3.8) is 0 Å². The largest absolute Gasteiger partial charge is 0.385 e. The van der Waals surface area contributed by atoms with Crippen molar-refractivity contribution in [2.24, 2.45) is 0 Å². The van der Waals surface area contributed by atoms with Crippen LogP contribution in [0.2, 0.25) is 5.02 Å². The number of rotatable bonds is 2. The number of hydrogen-bond donors (Lipinski definition) is 1. The van der Waals surface area contributed by atoms with Gasteiger partial charge in [-0.3, -0.25) is 0 Å². The van der Waals surface area contributed by atoms with E-state index in [4.69, 9.17) is 11.6 Å². The average Bonchev–Trinajstić information content (AvgIpc) is 2.73. The van der Waals surface area contributed by atoms with Crippen LogP contribution in [0.5, 0.6) is 0 Å². The van der Waals surface area contributed by atoms with E-state index in [1.165, 1.54) is 11.6 Å². The van der Waals surface area contributed by atoms with Crippen molar-refractivity contribution in [1.82, 2.24) is 0 Å². The third kappa shape index (κ3) is 2.23. The number of benzene rings is 2. The van der Waals surface area contributed by atoms with Gasteiger partial charge in [-0.05, 0) is 42.5 Å². The van der Waals surface area contributed by atoms with Crippen molar-refractivity contribution in [3.8, 4) is 0 Å². The van der Waals surface area contributed by atoms with Crippen LogP contribution < -0.4 is 0 Å². The second-order valence-corrected chi connectivity index (χ2v) is 5.96. The molecule has 0 aromatic heterocycles. The Morgan fingerprint density at radius 3 is 2.90 bits per heavy atom. The summed E-state index contributed by atoms with van der Waals surface area (Å²) in [6, 6.07) is 10.9. The minimum Gasteiger partial charge on any atom is -0.385 e. The summed E-state index contributed by atoms with van der Waals surface area (Å²) in [7, 11) is 0. The molecule has 1 atom stereocenters. The fourth-order valence-electron chi connectivity index (χ4n) is 3.00. The lowest BCUT2D eigenvalue weighted by Crippen LogP contribution is -2.25. The molecule has 2 aromatic carbocycles. The Morgan fingerprint density at radius 2 is 2.10 bits per heavy atom. The maximum absolute atomic E-state index is 13.5. The van der Waals surface area contributed by atoms with Crippen LogP contribution >= 0.6 is 11.6 Å². The molecular weight excluding hydrogens is 275 g/mol. The second kappa shape index (κ2) is 4.87. The topological polar surface area (TPSA) is 20.2 Å². The molecule has 0 saturated carbocycles. The Hall–Kier alpha value is -1.38. The average molecular weight is 291 g/mol. The van der Waals surface area contributed by atoms with Gasteiger partial charge in [0.1, 0.15) is 5.82 Å². The SMILES string of the molecule is Cc1ccc2c(c1)C(O)(Cc1cccc(F)c1Cl)CC2. The zero-order valence-corrected chi connectivity index (χ0v) is 12.0. The number of aliphatic hydroxyl groups is 1. The number of hydrogen-bond acceptors (Lipinski definition) is 1. The molecule has 104 valence electrons. The fraction of sp³-hybridized carbons (Fsp3) is 0.294. The predicted molar refractivity (Wildman–Crippen MR) is 78.5 cm³/mol. The minimum atomic E-state index is -0.946. The Balaban J connectivity index is 2.00. The first-order chi connectivity index (χ1) is 9.49. The molecule has 0 aliphatic heterocycles. The van der Waals surface area contributed by atoms with Crippen molar-refractivity contribution in [2.75, 3.05) is 0 Å². The normalized spacial score (nSPS) is 21.0. The van der Waals surface area contributed by atoms with E-state index in [1.54, 1.807) is 12.1 Å². The van der Waals surface area contributed by atoms with E-state index in [0.717, 1.165) is 17.5 Å². The molecule has 0 spiro atoms. The quantitative estimate of drug-likeness (QED) is 0.880. The lowest BCUT2D eigenvalue weighted by Gasteiger charge is -2.25. The van der Waals surface area contributed by atoms with Crippen LogP contribution in [0.4, 0.5) is 4.39 Å². The zero-order valence-electron chi connectivity index (χ0n) is 11.3. The van der Waals surface area contributed by atoms with Crippen LogP contribution in [0.25, 0.3) is 0 Å². The molecule has 3 rings (SSSR count). The first-order valence-corrected chi connectivity index (χ1v) is 7.13. The van der Waals surface area contributed by atoms with Crippen molar-refractivity contribution < 1.29 is 9.50 Å². The van der Waals surface area contributed by atoms with Crippen molar-refractivity contribution in [1.29, 1.82) is 0 Å². The number of halogens is 2. The molecule has 1 aliphatic carbocycles. The maximum atomic E-state index is 13.5. The minimum absolute atomic E-state index is 0.113. The Kier molecular flexibility index (Phi) is 3.31. The smallest absolute Gasteiger partial charge is 0.142 e. The lowest BCUT2D eigenvalue weighted by molar-refractivity contribution is 0.0389. The van der Waals surface area contributed by atoms with Gasteiger partial charge in [0.05, 0.1) is 10.6 Å². The van der Waals surface area contributed by atoms with Gasteiger partial charge >= 0.3 is 0 Å². The summed E-state index contributed by atoms with van der Waals surface area (Å²) < 4.78 is 13.5. The third-order valence-corrected chi connectivity index (χ3v) is 4.51. The summed E-state index contributed by atoms with van der Waals surface area (Å²) in [4.78, 5) is 0. The van der Waals surface area contributed by atoms with Gasteiger partial charge in [-0.1, -0.05) is 47.5 Å². The monoisotopic (exact) mass is 290 g/mol. The van der Waals surface area contributed by atoms with E-state index in [-0.39, 0.29) is 5.02 Å². The highest BCUT2D eigenvalue weighted by molar-refractivity contribution is 6.31. The van der Waals surface area contributed by atoms with Gasteiger partial charge in [-0.25, -0.2) is 4.39 Å². The summed E-state index contributed by atoms with van der Waals surface area (Å²) in [5, 5.41) is 11.1. The zero-order chi connectivity index (χ0) is 14.3. The Morgan fingerprint density at radius 1 is 1.30 bits per heavy atom. The summed E-state index contributed by atoms with van der Waals surface area (Å²) in [5.41, 5.74) is 2.96. The first-order valence-electron chi connectivity index (χ1n) is 6.75. The molecule has 0 heterocycles. The molecular formula is C17H16ClFO. The van der Waals surface area contributed by atoms with E-state index >= 15 is 0 Å². The third-order valence-electron chi connectivity index (χ3n) is 4.09. The second-order valence-electron chi connectivity index (χ2n) is 5.58. The van der Waals surface area contributed by atoms with Crippen molar-refractivity contribution in [2.45, 2.75) is 31.8 Å². The molecule has 0 bridgehead atoms. The van der Waals surface area contributed by atoms with E-state index in [1.807, 2.05) is 13.0 Å². The van der Waals surface area contributed by atoms with Crippen LogP contribution in [0.1, 0.15) is 28.7 Å². The van der Waals surface area contributed by atoms with E-state index in [0.29, 0.717) is 18.4 Å². The molecule has 20 heavy (non-hydrogen) atoms. The molecule has 1 nitrogen and oxygen atoms in total. The van der Waals surface area contributed by atoms with Crippen LogP contribution in [0.3, 0.4) is 0 Å². The highest BCUT2D eigenvalue weighted by Gasteiger charge is 2.37. The maximum Gasteiger partial charge on any atom is 0.142 e. The van der Waals surface area contributed by atoms with Gasteiger partial charge in [0.25, 0.3) is 0 Å². The molecule has 3 heteroatoms. The Labute approximate surface area is 123 Å². The summed E-state index contributed by atoms with van der Waals surface area (Å²) in [6.07, 6.45) is 1.84. The molecule has 2 aromatic rings. The standard InChI is InChI=1S/C17H16ClFO/c1-11-5-6-12-7-8-17(20,14(12)9-11)10-13-3-2-4-15(19)16(13)18/h2-6,9,20H,7-8,10H2,1H3. The van der Waals surface area contributed by atoms with Gasteiger partial charge in [0, 0.05) is 6.42 Å². The molecule has 0 saturated heterocycles. The summed E-state index contributed by atoms with van der Waals surface area (Å²) >= 11 is 6.01. The molecule has 0 fully saturated rings. The Bertz CT molecular complexity index is 668. The lowest BCUT2D eigenvalue weighted by atomic mass is 9.88. The van der Waals surface area contributed by atoms with Gasteiger partial charge in [0.15, 0.2) is 0 Å². The van der Waals surface area contributed by atoms with Crippen molar-refractivity contribution >= 4 is 11.6 Å². The van der Waals surface area contributed by atoms with E-state index in [9.17, 15) is 9.50 Å². The number of aryl methyl sites for hydroxylation is 2. The van der Waals surface area contributed by atoms with E-state index in [2.05, 4.69) is 12.1 Å². The summed E-state index contributed by atoms with van der Waals surface area (Å²) in [5.74, 6) is -0.435. The predicted octanol–water partition coefficient (Wildman–Crippen LogP) is 4.16. The molecule has 1 aliphatic rings. The van der Waals surface area contributed by atoms with Gasteiger partial charge in [-0.15, -0.1) is 0 Å². The molecule has 1 N–H and O–H groups in total. The van der Waals surface area contributed by atoms with Gasteiger partial charge < -0.3 is 5.11 Å². The summed E-state index contributed by atoms with van der Waals surface area (Å²) in [6.45, 7) is 2.01. The van der Waals surface area contributed by atoms with E-state index < -0.39 is 11.4 Å². The van der Waals surface area contributed by atoms with Crippen LogP contribution in [-0.2, 0) is 18.4 Å². The molecule has 0 amide bonds. The fourth-order valence-corrected chi connectivity index (χ4v) is 3.19. The highest BCUT2D eigenvalue weighted by Crippen LogP contribution is 2.41. The van der Waals surface area contributed by atoms with Crippen molar-refractivity contribution in [3.05, 3.63) is 69.5 Å².